The van der Waals surface area contributed by atoms with Crippen molar-refractivity contribution < 1.29 is 32.6 Å². The fourth-order valence-electron chi connectivity index (χ4n) is 2.14. The Morgan fingerprint density at radius 3 is 2.07 bits per heavy atom. The molecule has 0 heterocycles. The molecule has 0 spiro atoms. The van der Waals surface area contributed by atoms with Crippen LogP contribution in [0.4, 0.5) is 14.5 Å². The molecule has 7 nitrogen and oxygen atoms in total. The predicted molar refractivity (Wildman–Crippen MR) is 96.4 cm³/mol. The van der Waals surface area contributed by atoms with Crippen molar-refractivity contribution in [3.8, 4) is 5.75 Å². The van der Waals surface area contributed by atoms with E-state index in [0.29, 0.717) is 11.3 Å². The summed E-state index contributed by atoms with van der Waals surface area (Å²) in [6, 6.07) is 11.1. The summed E-state index contributed by atoms with van der Waals surface area (Å²) in [5.41, 5.74) is 0.986. The minimum atomic E-state index is -2.96. The quantitative estimate of drug-likeness (QED) is 0.733. The fraction of sp³-hybridized carbons (Fsp3) is 0.211. The number of hydrogen-bond donors (Lipinski definition) is 1. The van der Waals surface area contributed by atoms with Gasteiger partial charge in [0.25, 0.3) is 11.8 Å². The maximum Gasteiger partial charge on any atom is 0.387 e. The number of nitrogens with one attached hydrogen (secondary N) is 1. The highest BCUT2D eigenvalue weighted by Crippen LogP contribution is 2.15. The molecule has 1 N–H and O–H groups in total. The largest absolute Gasteiger partial charge is 0.452 e. The van der Waals surface area contributed by atoms with Crippen LogP contribution in [0.1, 0.15) is 20.7 Å². The number of alkyl halides is 2. The molecule has 28 heavy (non-hydrogen) atoms. The summed E-state index contributed by atoms with van der Waals surface area (Å²) >= 11 is 0. The van der Waals surface area contributed by atoms with Gasteiger partial charge in [0.15, 0.2) is 6.61 Å². The van der Waals surface area contributed by atoms with E-state index in [9.17, 15) is 23.2 Å². The Morgan fingerprint density at radius 2 is 1.54 bits per heavy atom. The van der Waals surface area contributed by atoms with Crippen LogP contribution in [-0.2, 0) is 9.53 Å². The van der Waals surface area contributed by atoms with Gasteiger partial charge in [-0.25, -0.2) is 4.79 Å². The van der Waals surface area contributed by atoms with Crippen molar-refractivity contribution in [1.82, 2.24) is 4.90 Å². The molecule has 2 amide bonds. The number of halogens is 2. The van der Waals surface area contributed by atoms with Crippen LogP contribution in [0.3, 0.4) is 0 Å². The van der Waals surface area contributed by atoms with Crippen LogP contribution in [0.2, 0.25) is 0 Å². The third kappa shape index (κ3) is 6.04. The fourth-order valence-corrected chi connectivity index (χ4v) is 2.14. The smallest absolute Gasteiger partial charge is 0.387 e. The Balaban J connectivity index is 1.84. The van der Waals surface area contributed by atoms with Crippen LogP contribution >= 0.6 is 0 Å². The molecule has 0 fully saturated rings. The molecular formula is C19H18F2N2O5. The molecule has 0 bridgehead atoms. The highest BCUT2D eigenvalue weighted by Gasteiger charge is 2.12. The van der Waals surface area contributed by atoms with Crippen molar-refractivity contribution in [2.75, 3.05) is 26.0 Å². The van der Waals surface area contributed by atoms with Gasteiger partial charge in [-0.3, -0.25) is 9.59 Å². The Kier molecular flexibility index (Phi) is 7.02. The van der Waals surface area contributed by atoms with Crippen LogP contribution in [-0.4, -0.2) is 50.0 Å². The Morgan fingerprint density at radius 1 is 0.964 bits per heavy atom. The number of esters is 1. The number of anilines is 1. The van der Waals surface area contributed by atoms with E-state index in [4.69, 9.17) is 4.74 Å². The number of hydrogen-bond acceptors (Lipinski definition) is 5. The van der Waals surface area contributed by atoms with Gasteiger partial charge in [0.05, 0.1) is 5.56 Å². The molecule has 0 unspecified atom stereocenters. The molecule has 9 heteroatoms. The van der Waals surface area contributed by atoms with Crippen LogP contribution in [0, 0.1) is 0 Å². The van der Waals surface area contributed by atoms with Gasteiger partial charge in [-0.15, -0.1) is 0 Å². The highest BCUT2D eigenvalue weighted by atomic mass is 19.3. The Hall–Kier alpha value is -3.49. The van der Waals surface area contributed by atoms with E-state index >= 15 is 0 Å². The van der Waals surface area contributed by atoms with Crippen molar-refractivity contribution in [1.29, 1.82) is 0 Å². The lowest BCUT2D eigenvalue weighted by Crippen LogP contribution is -2.22. The molecule has 0 aliphatic heterocycles. The number of carbonyl (C=O) groups excluding carboxylic acids is 3. The first-order valence-corrected chi connectivity index (χ1v) is 8.10. The number of amides is 2. The lowest BCUT2D eigenvalue weighted by Gasteiger charge is -2.11. The van der Waals surface area contributed by atoms with Gasteiger partial charge >= 0.3 is 12.6 Å². The predicted octanol–water partition coefficient (Wildman–Crippen LogP) is 2.79. The van der Waals surface area contributed by atoms with Crippen molar-refractivity contribution in [3.63, 3.8) is 0 Å². The van der Waals surface area contributed by atoms with E-state index in [-0.39, 0.29) is 17.2 Å². The summed E-state index contributed by atoms with van der Waals surface area (Å²) in [6.07, 6.45) is 0. The monoisotopic (exact) mass is 392 g/mol. The number of rotatable bonds is 7. The summed E-state index contributed by atoms with van der Waals surface area (Å²) in [5, 5.41) is 2.53. The second-order valence-electron chi connectivity index (χ2n) is 5.80. The van der Waals surface area contributed by atoms with Gasteiger partial charge in [-0.05, 0) is 48.5 Å². The van der Waals surface area contributed by atoms with E-state index in [1.54, 1.807) is 38.4 Å². The molecule has 0 atom stereocenters. The van der Waals surface area contributed by atoms with Gasteiger partial charge in [0.1, 0.15) is 5.75 Å². The van der Waals surface area contributed by atoms with Crippen LogP contribution < -0.4 is 10.1 Å². The minimum Gasteiger partial charge on any atom is -0.452 e. The molecule has 148 valence electrons. The second kappa shape index (κ2) is 9.45. The molecule has 2 rings (SSSR count). The molecule has 0 aliphatic carbocycles. The molecule has 2 aromatic carbocycles. The Labute approximate surface area is 159 Å². The van der Waals surface area contributed by atoms with Crippen molar-refractivity contribution in [2.45, 2.75) is 6.61 Å². The summed E-state index contributed by atoms with van der Waals surface area (Å²) in [6.45, 7) is -3.50. The molecule has 0 aliphatic rings. The standard InChI is InChI=1S/C19H18F2N2O5/c1-23(2)17(25)12-3-7-14(8-4-12)22-16(24)11-27-18(26)13-5-9-15(10-6-13)28-19(20)21/h3-10,19H,11H2,1-2H3,(H,22,24). The zero-order valence-corrected chi connectivity index (χ0v) is 15.1. The highest BCUT2D eigenvalue weighted by molar-refractivity contribution is 5.97. The van der Waals surface area contributed by atoms with Crippen molar-refractivity contribution >= 4 is 23.5 Å². The molecular weight excluding hydrogens is 374 g/mol. The van der Waals surface area contributed by atoms with Gasteiger partial charge < -0.3 is 19.7 Å². The molecule has 0 aromatic heterocycles. The normalized spacial score (nSPS) is 10.3. The maximum absolute atomic E-state index is 12.1. The number of nitrogens with zero attached hydrogens (tertiary/aromatic N) is 1. The van der Waals surface area contributed by atoms with Gasteiger partial charge in [0.2, 0.25) is 0 Å². The number of carbonyl (C=O) groups is 3. The summed E-state index contributed by atoms with van der Waals surface area (Å²) in [7, 11) is 3.26. The third-order valence-corrected chi connectivity index (χ3v) is 3.47. The molecule has 0 saturated heterocycles. The lowest BCUT2D eigenvalue weighted by atomic mass is 10.2. The first-order chi connectivity index (χ1) is 13.3. The number of ether oxygens (including phenoxy) is 2. The first kappa shape index (κ1) is 20.8. The van der Waals surface area contributed by atoms with Gasteiger partial charge in [-0.1, -0.05) is 0 Å². The van der Waals surface area contributed by atoms with Crippen molar-refractivity contribution in [2.24, 2.45) is 0 Å². The second-order valence-corrected chi connectivity index (χ2v) is 5.80. The minimum absolute atomic E-state index is 0.0842. The maximum atomic E-state index is 12.1. The SMILES string of the molecule is CN(C)C(=O)c1ccc(NC(=O)COC(=O)c2ccc(OC(F)F)cc2)cc1. The van der Waals surface area contributed by atoms with Crippen molar-refractivity contribution in [3.05, 3.63) is 59.7 Å². The van der Waals surface area contributed by atoms with Crippen LogP contribution in [0.25, 0.3) is 0 Å². The van der Waals surface area contributed by atoms with E-state index in [0.717, 1.165) is 0 Å². The van der Waals surface area contributed by atoms with E-state index in [1.807, 2.05) is 0 Å². The van der Waals surface area contributed by atoms with Crippen LogP contribution in [0.5, 0.6) is 5.75 Å². The Bertz CT molecular complexity index is 836. The topological polar surface area (TPSA) is 84.9 Å². The summed E-state index contributed by atoms with van der Waals surface area (Å²) in [5.74, 6) is -1.62. The molecule has 0 radical (unpaired) electrons. The molecule has 2 aromatic rings. The van der Waals surface area contributed by atoms with E-state index < -0.39 is 25.1 Å². The van der Waals surface area contributed by atoms with E-state index in [1.165, 1.54) is 29.2 Å². The zero-order chi connectivity index (χ0) is 20.7. The van der Waals surface area contributed by atoms with E-state index in [2.05, 4.69) is 10.1 Å². The average Bonchev–Trinajstić information content (AvgIpc) is 2.66. The first-order valence-electron chi connectivity index (χ1n) is 8.10. The molecule has 0 saturated carbocycles. The van der Waals surface area contributed by atoms with Crippen LogP contribution in [0.15, 0.2) is 48.5 Å². The average molecular weight is 392 g/mol. The van der Waals surface area contributed by atoms with Gasteiger partial charge in [0, 0.05) is 25.3 Å². The van der Waals surface area contributed by atoms with Gasteiger partial charge in [-0.2, -0.15) is 8.78 Å². The third-order valence-electron chi connectivity index (χ3n) is 3.47. The summed E-state index contributed by atoms with van der Waals surface area (Å²) < 4.78 is 33.2. The lowest BCUT2D eigenvalue weighted by molar-refractivity contribution is -0.119. The summed E-state index contributed by atoms with van der Waals surface area (Å²) in [4.78, 5) is 37.0. The number of benzene rings is 2. The zero-order valence-electron chi connectivity index (χ0n) is 15.1.